The van der Waals surface area contributed by atoms with E-state index in [-0.39, 0.29) is 29.1 Å². The molecule has 0 fully saturated rings. The van der Waals surface area contributed by atoms with E-state index in [0.717, 1.165) is 0 Å². The first-order chi connectivity index (χ1) is 8.52. The van der Waals surface area contributed by atoms with Gasteiger partial charge in [-0.2, -0.15) is 0 Å². The van der Waals surface area contributed by atoms with Gasteiger partial charge in [0.2, 0.25) is 6.41 Å². The molecule has 1 rings (SSSR count). The van der Waals surface area contributed by atoms with Crippen LogP contribution in [-0.4, -0.2) is 23.9 Å². The molecule has 1 N–H and O–H groups in total. The van der Waals surface area contributed by atoms with Crippen LogP contribution < -0.4 is 5.32 Å². The van der Waals surface area contributed by atoms with Gasteiger partial charge in [0, 0.05) is 0 Å². The number of carbonyl (C=O) groups excluding carboxylic acids is 2. The molecule has 0 aromatic heterocycles. The van der Waals surface area contributed by atoms with Crippen molar-refractivity contribution in [2.45, 2.75) is 13.8 Å². The summed E-state index contributed by atoms with van der Waals surface area (Å²) in [6, 6.07) is 2.68. The molecule has 1 amide bonds. The minimum absolute atomic E-state index is 0.128. The summed E-state index contributed by atoms with van der Waals surface area (Å²) in [7, 11) is 0. The first-order valence-electron chi connectivity index (χ1n) is 5.18. The predicted octanol–water partition coefficient (Wildman–Crippen LogP) is 1.65. The molecular weight excluding hydrogens is 240 g/mol. The lowest BCUT2D eigenvalue weighted by molar-refractivity contribution is -0.385. The molecule has 0 spiro atoms. The fourth-order valence-electron chi connectivity index (χ4n) is 1.53. The van der Waals surface area contributed by atoms with Crippen molar-refractivity contribution in [1.29, 1.82) is 0 Å². The number of nitrogens with zero attached hydrogens (tertiary/aromatic N) is 1. The molecule has 0 unspecified atom stereocenters. The molecule has 0 aliphatic heterocycles. The highest BCUT2D eigenvalue weighted by Crippen LogP contribution is 2.29. The van der Waals surface area contributed by atoms with Gasteiger partial charge in [-0.05, 0) is 26.0 Å². The number of ether oxygens (including phenoxy) is 1. The van der Waals surface area contributed by atoms with Gasteiger partial charge in [-0.3, -0.25) is 14.9 Å². The summed E-state index contributed by atoms with van der Waals surface area (Å²) < 4.78 is 4.74. The van der Waals surface area contributed by atoms with Gasteiger partial charge in [0.25, 0.3) is 5.69 Å². The number of esters is 1. The van der Waals surface area contributed by atoms with Crippen molar-refractivity contribution in [3.8, 4) is 0 Å². The normalized spacial score (nSPS) is 9.67. The Morgan fingerprint density at radius 3 is 2.72 bits per heavy atom. The summed E-state index contributed by atoms with van der Waals surface area (Å²) >= 11 is 0. The Bertz CT molecular complexity index is 498. The third-order valence-corrected chi connectivity index (χ3v) is 2.32. The van der Waals surface area contributed by atoms with Crippen LogP contribution in [0.25, 0.3) is 0 Å². The van der Waals surface area contributed by atoms with E-state index in [1.807, 2.05) is 0 Å². The summed E-state index contributed by atoms with van der Waals surface area (Å²) in [5, 5.41) is 13.3. The average molecular weight is 252 g/mol. The van der Waals surface area contributed by atoms with Gasteiger partial charge in [0.15, 0.2) is 0 Å². The molecule has 0 radical (unpaired) electrons. The average Bonchev–Trinajstić information content (AvgIpc) is 2.31. The quantitative estimate of drug-likeness (QED) is 0.372. The van der Waals surface area contributed by atoms with Gasteiger partial charge in [0.1, 0.15) is 5.56 Å². The molecule has 0 saturated carbocycles. The minimum Gasteiger partial charge on any atom is -0.462 e. The lowest BCUT2D eigenvalue weighted by Crippen LogP contribution is -2.10. The summed E-state index contributed by atoms with van der Waals surface area (Å²) in [6.45, 7) is 3.19. The van der Waals surface area contributed by atoms with Crippen LogP contribution >= 0.6 is 0 Å². The van der Waals surface area contributed by atoms with Crippen molar-refractivity contribution >= 4 is 23.8 Å². The smallest absolute Gasteiger partial charge is 0.345 e. The SMILES string of the molecule is CCOC(=O)c1ccc(NC=O)c(C)c1[N+](=O)[O-]. The number of hydrogen-bond donors (Lipinski definition) is 1. The molecule has 7 heteroatoms. The van der Waals surface area contributed by atoms with E-state index in [4.69, 9.17) is 4.74 Å². The lowest BCUT2D eigenvalue weighted by Gasteiger charge is -2.08. The van der Waals surface area contributed by atoms with Gasteiger partial charge < -0.3 is 10.1 Å². The maximum absolute atomic E-state index is 11.6. The van der Waals surface area contributed by atoms with Gasteiger partial charge in [-0.1, -0.05) is 0 Å². The number of nitro benzene ring substituents is 1. The zero-order valence-electron chi connectivity index (χ0n) is 9.93. The van der Waals surface area contributed by atoms with Crippen molar-refractivity contribution in [2.24, 2.45) is 0 Å². The van der Waals surface area contributed by atoms with E-state index < -0.39 is 10.9 Å². The fourth-order valence-corrected chi connectivity index (χ4v) is 1.53. The number of amides is 1. The molecule has 0 aliphatic rings. The van der Waals surface area contributed by atoms with Gasteiger partial charge in [-0.25, -0.2) is 4.79 Å². The largest absolute Gasteiger partial charge is 0.462 e. The summed E-state index contributed by atoms with van der Waals surface area (Å²) in [5.41, 5.74) is -0.00139. The third kappa shape index (κ3) is 2.62. The zero-order valence-corrected chi connectivity index (χ0v) is 9.93. The van der Waals surface area contributed by atoms with Crippen LogP contribution in [0.4, 0.5) is 11.4 Å². The van der Waals surface area contributed by atoms with Crippen molar-refractivity contribution < 1.29 is 19.2 Å². The second kappa shape index (κ2) is 5.76. The fraction of sp³-hybridized carbons (Fsp3) is 0.273. The molecule has 7 nitrogen and oxygen atoms in total. The van der Waals surface area contributed by atoms with Crippen molar-refractivity contribution in [3.63, 3.8) is 0 Å². The highest BCUT2D eigenvalue weighted by atomic mass is 16.6. The van der Waals surface area contributed by atoms with E-state index in [9.17, 15) is 19.7 Å². The Labute approximate surface area is 103 Å². The van der Waals surface area contributed by atoms with E-state index >= 15 is 0 Å². The monoisotopic (exact) mass is 252 g/mol. The number of carbonyl (C=O) groups is 2. The summed E-state index contributed by atoms with van der Waals surface area (Å²) in [5.74, 6) is -0.759. The van der Waals surface area contributed by atoms with E-state index in [0.29, 0.717) is 6.41 Å². The molecule has 1 aromatic rings. The van der Waals surface area contributed by atoms with Gasteiger partial charge in [-0.15, -0.1) is 0 Å². The van der Waals surface area contributed by atoms with Crippen LogP contribution in [0.15, 0.2) is 12.1 Å². The third-order valence-electron chi connectivity index (χ3n) is 2.32. The van der Waals surface area contributed by atoms with Crippen molar-refractivity contribution in [1.82, 2.24) is 0 Å². The van der Waals surface area contributed by atoms with Crippen LogP contribution in [0.2, 0.25) is 0 Å². The zero-order chi connectivity index (χ0) is 13.7. The molecule has 0 atom stereocenters. The molecular formula is C11H12N2O5. The highest BCUT2D eigenvalue weighted by molar-refractivity contribution is 5.96. The maximum atomic E-state index is 11.6. The first-order valence-corrected chi connectivity index (χ1v) is 5.18. The maximum Gasteiger partial charge on any atom is 0.345 e. The van der Waals surface area contributed by atoms with Crippen LogP contribution in [0, 0.1) is 17.0 Å². The molecule has 18 heavy (non-hydrogen) atoms. The number of nitro groups is 1. The Hall–Kier alpha value is -2.44. The van der Waals surface area contributed by atoms with Crippen LogP contribution in [0.3, 0.4) is 0 Å². The minimum atomic E-state index is -0.759. The lowest BCUT2D eigenvalue weighted by atomic mass is 10.1. The Balaban J connectivity index is 3.36. The summed E-state index contributed by atoms with van der Waals surface area (Å²) in [6.07, 6.45) is 0.413. The Kier molecular flexibility index (Phi) is 4.36. The molecule has 0 aliphatic carbocycles. The highest BCUT2D eigenvalue weighted by Gasteiger charge is 2.25. The number of anilines is 1. The first kappa shape index (κ1) is 13.6. The second-order valence-corrected chi connectivity index (χ2v) is 3.37. The van der Waals surface area contributed by atoms with Gasteiger partial charge >= 0.3 is 5.97 Å². The van der Waals surface area contributed by atoms with E-state index in [1.54, 1.807) is 6.92 Å². The van der Waals surface area contributed by atoms with Crippen LogP contribution in [0.1, 0.15) is 22.8 Å². The second-order valence-electron chi connectivity index (χ2n) is 3.37. The molecule has 1 aromatic carbocycles. The van der Waals surface area contributed by atoms with Crippen LogP contribution in [0.5, 0.6) is 0 Å². The topological polar surface area (TPSA) is 98.5 Å². The number of hydrogen-bond acceptors (Lipinski definition) is 5. The van der Waals surface area contributed by atoms with Crippen LogP contribution in [-0.2, 0) is 9.53 Å². The Morgan fingerprint density at radius 1 is 1.56 bits per heavy atom. The molecule has 0 saturated heterocycles. The van der Waals surface area contributed by atoms with Gasteiger partial charge in [0.05, 0.1) is 22.8 Å². The van der Waals surface area contributed by atoms with E-state index in [1.165, 1.54) is 19.1 Å². The van der Waals surface area contributed by atoms with E-state index in [2.05, 4.69) is 5.32 Å². The summed E-state index contributed by atoms with van der Waals surface area (Å²) in [4.78, 5) is 32.3. The Morgan fingerprint density at radius 2 is 2.22 bits per heavy atom. The number of nitrogens with one attached hydrogen (secondary N) is 1. The molecule has 0 heterocycles. The number of benzene rings is 1. The molecule has 0 bridgehead atoms. The molecule has 96 valence electrons. The standard InChI is InChI=1S/C11H12N2O5/c1-3-18-11(15)8-4-5-9(12-6-14)7(2)10(8)13(16)17/h4-6H,3H2,1-2H3,(H,12,14). The van der Waals surface area contributed by atoms with Crippen molar-refractivity contribution in [2.75, 3.05) is 11.9 Å². The van der Waals surface area contributed by atoms with Crippen molar-refractivity contribution in [3.05, 3.63) is 33.4 Å². The number of rotatable bonds is 5. The predicted molar refractivity (Wildman–Crippen MR) is 63.5 cm³/mol.